The van der Waals surface area contributed by atoms with Crippen molar-refractivity contribution in [2.45, 2.75) is 11.1 Å². The van der Waals surface area contributed by atoms with E-state index in [1.165, 1.54) is 11.9 Å². The lowest BCUT2D eigenvalue weighted by atomic mass is 10.2. The Bertz CT molecular complexity index is 834. The fourth-order valence-corrected chi connectivity index (χ4v) is 3.04. The number of nitrogens with zero attached hydrogens (tertiary/aromatic N) is 2. The van der Waals surface area contributed by atoms with Crippen LogP contribution in [0.3, 0.4) is 0 Å². The summed E-state index contributed by atoms with van der Waals surface area (Å²) >= 11 is 7.37. The third kappa shape index (κ3) is 3.25. The number of nitrogens with one attached hydrogen (secondary N) is 2. The molecule has 0 aliphatic carbocycles. The first-order valence-corrected chi connectivity index (χ1v) is 8.50. The van der Waals surface area contributed by atoms with Gasteiger partial charge >= 0.3 is 0 Å². The molecule has 1 aliphatic rings. The number of halogens is 1. The number of pyridine rings is 2. The van der Waals surface area contributed by atoms with E-state index in [0.29, 0.717) is 0 Å². The Labute approximate surface area is 148 Å². The molecule has 7 heteroatoms. The molecule has 0 saturated heterocycles. The Morgan fingerprint density at radius 3 is 2.79 bits per heavy atom. The molecule has 1 atom stereocenters. The summed E-state index contributed by atoms with van der Waals surface area (Å²) in [5.41, 5.74) is 0.974. The van der Waals surface area contributed by atoms with Gasteiger partial charge in [0.25, 0.3) is 0 Å². The largest absolute Gasteiger partial charge is 0.463 e. The molecule has 0 amide bonds. The normalized spacial score (nSPS) is 15.3. The minimum Gasteiger partial charge on any atom is -0.463 e. The highest BCUT2D eigenvalue weighted by molar-refractivity contribution is 8.00. The molecule has 3 heterocycles. The molecule has 0 bridgehead atoms. The van der Waals surface area contributed by atoms with Crippen molar-refractivity contribution in [3.63, 3.8) is 0 Å². The van der Waals surface area contributed by atoms with Gasteiger partial charge in [-0.25, -0.2) is 9.97 Å². The predicted molar refractivity (Wildman–Crippen MR) is 96.4 cm³/mol. The van der Waals surface area contributed by atoms with Crippen LogP contribution in [0.25, 0.3) is 0 Å². The molecule has 5 nitrogen and oxygen atoms in total. The highest BCUT2D eigenvalue weighted by atomic mass is 35.5. The molecule has 24 heavy (non-hydrogen) atoms. The molecule has 1 aromatic carbocycles. The molecule has 2 aromatic heterocycles. The average Bonchev–Trinajstić information content (AvgIpc) is 3.06. The van der Waals surface area contributed by atoms with Crippen molar-refractivity contribution in [3.05, 3.63) is 71.5 Å². The van der Waals surface area contributed by atoms with E-state index < -0.39 is 0 Å². The summed E-state index contributed by atoms with van der Waals surface area (Å²) < 4.78 is 9.10. The maximum atomic E-state index is 5.89. The minimum atomic E-state index is -0.265. The van der Waals surface area contributed by atoms with E-state index in [4.69, 9.17) is 16.3 Å². The van der Waals surface area contributed by atoms with Gasteiger partial charge in [-0.1, -0.05) is 11.6 Å². The van der Waals surface area contributed by atoms with Gasteiger partial charge in [-0.05, 0) is 60.5 Å². The minimum absolute atomic E-state index is 0.265. The average molecular weight is 357 g/mol. The summed E-state index contributed by atoms with van der Waals surface area (Å²) in [6.45, 7) is 0. The maximum Gasteiger partial charge on any atom is 0.198 e. The first kappa shape index (κ1) is 15.1. The Balaban J connectivity index is 1.45. The fraction of sp³-hybridized carbons (Fsp3) is 0.0588. The zero-order valence-corrected chi connectivity index (χ0v) is 14.0. The van der Waals surface area contributed by atoms with Crippen LogP contribution in [0.2, 0.25) is 5.02 Å². The fourth-order valence-electron chi connectivity index (χ4n) is 2.31. The number of anilines is 2. The predicted octanol–water partition coefficient (Wildman–Crippen LogP) is 4.75. The van der Waals surface area contributed by atoms with E-state index in [-0.39, 0.29) is 6.23 Å². The van der Waals surface area contributed by atoms with Crippen LogP contribution in [-0.4, -0.2) is 9.97 Å². The molecule has 4 rings (SSSR count). The number of ether oxygens (including phenoxy) is 1. The van der Waals surface area contributed by atoms with Crippen LogP contribution < -0.4 is 14.8 Å². The van der Waals surface area contributed by atoms with Crippen LogP contribution in [0.15, 0.2) is 65.8 Å². The monoisotopic (exact) mass is 356 g/mol. The third-order valence-corrected chi connectivity index (χ3v) is 4.53. The summed E-state index contributed by atoms with van der Waals surface area (Å²) in [4.78, 5) is 9.65. The van der Waals surface area contributed by atoms with E-state index in [2.05, 4.69) is 20.0 Å². The highest BCUT2D eigenvalue weighted by Gasteiger charge is 2.24. The molecule has 1 unspecified atom stereocenters. The summed E-state index contributed by atoms with van der Waals surface area (Å²) in [6, 6.07) is 15.2. The summed E-state index contributed by atoms with van der Waals surface area (Å²) in [5.74, 6) is 2.26. The summed E-state index contributed by atoms with van der Waals surface area (Å²) in [6.07, 6.45) is 3.22. The number of aromatic nitrogens is 2. The van der Waals surface area contributed by atoms with Gasteiger partial charge in [0.05, 0.1) is 0 Å². The van der Waals surface area contributed by atoms with Gasteiger partial charge in [-0.15, -0.1) is 0 Å². The number of fused-ring (bicyclic) bond motifs is 1. The second kappa shape index (κ2) is 6.59. The van der Waals surface area contributed by atoms with Crippen LogP contribution in [-0.2, 0) is 0 Å². The standard InChI is InChI=1S/C17H13ClN4OS/c18-12-3-5-13(6-4-12)24-22-15-10-11(7-9-19-15)17-21-16-14(23-17)2-1-8-20-16/h1-10,17H,(H,19,22)(H,20,21). The molecule has 0 radical (unpaired) electrons. The molecule has 0 fully saturated rings. The Morgan fingerprint density at radius 2 is 1.96 bits per heavy atom. The number of hydrogen-bond donors (Lipinski definition) is 2. The first-order valence-electron chi connectivity index (χ1n) is 7.30. The van der Waals surface area contributed by atoms with Crippen LogP contribution in [0, 0.1) is 0 Å². The van der Waals surface area contributed by atoms with Crippen LogP contribution in [0.5, 0.6) is 5.75 Å². The number of benzene rings is 1. The molecule has 120 valence electrons. The van der Waals surface area contributed by atoms with Gasteiger partial charge in [-0.3, -0.25) is 0 Å². The molecule has 0 spiro atoms. The molecular formula is C17H13ClN4OS. The summed E-state index contributed by atoms with van der Waals surface area (Å²) in [7, 11) is 0. The van der Waals surface area contributed by atoms with Crippen LogP contribution in [0.4, 0.5) is 11.6 Å². The van der Waals surface area contributed by atoms with Crippen LogP contribution >= 0.6 is 23.5 Å². The van der Waals surface area contributed by atoms with Crippen molar-refractivity contribution in [2.75, 3.05) is 10.0 Å². The van der Waals surface area contributed by atoms with E-state index in [0.717, 1.165) is 32.9 Å². The Morgan fingerprint density at radius 1 is 1.08 bits per heavy atom. The smallest absolute Gasteiger partial charge is 0.198 e. The van der Waals surface area contributed by atoms with E-state index in [1.54, 1.807) is 12.4 Å². The van der Waals surface area contributed by atoms with Crippen LogP contribution in [0.1, 0.15) is 11.8 Å². The lowest BCUT2D eigenvalue weighted by Crippen LogP contribution is -2.10. The van der Waals surface area contributed by atoms with Gasteiger partial charge in [0.15, 0.2) is 17.8 Å². The quantitative estimate of drug-likeness (QED) is 0.658. The molecule has 1 aliphatic heterocycles. The van der Waals surface area contributed by atoms with Crippen molar-refractivity contribution >= 4 is 35.2 Å². The zero-order chi connectivity index (χ0) is 16.4. The molecule has 2 N–H and O–H groups in total. The second-order valence-electron chi connectivity index (χ2n) is 5.12. The zero-order valence-electron chi connectivity index (χ0n) is 12.4. The second-order valence-corrected chi connectivity index (χ2v) is 6.44. The lowest BCUT2D eigenvalue weighted by Gasteiger charge is -2.12. The number of rotatable bonds is 4. The molecule has 3 aromatic rings. The lowest BCUT2D eigenvalue weighted by molar-refractivity contribution is 0.260. The van der Waals surface area contributed by atoms with Gasteiger partial charge in [0.1, 0.15) is 5.82 Å². The van der Waals surface area contributed by atoms with Crippen molar-refractivity contribution in [1.29, 1.82) is 0 Å². The van der Waals surface area contributed by atoms with Gasteiger partial charge in [0, 0.05) is 27.9 Å². The van der Waals surface area contributed by atoms with Crippen molar-refractivity contribution in [2.24, 2.45) is 0 Å². The van der Waals surface area contributed by atoms with E-state index in [9.17, 15) is 0 Å². The Kier molecular flexibility index (Phi) is 4.15. The van der Waals surface area contributed by atoms with Gasteiger partial charge < -0.3 is 14.8 Å². The topological polar surface area (TPSA) is 59.1 Å². The third-order valence-electron chi connectivity index (χ3n) is 3.46. The maximum absolute atomic E-state index is 5.89. The number of hydrogen-bond acceptors (Lipinski definition) is 6. The first-order chi connectivity index (χ1) is 11.8. The van der Waals surface area contributed by atoms with E-state index in [1.807, 2.05) is 48.5 Å². The molecular weight excluding hydrogens is 344 g/mol. The van der Waals surface area contributed by atoms with Gasteiger partial charge in [-0.2, -0.15) is 0 Å². The summed E-state index contributed by atoms with van der Waals surface area (Å²) in [5, 5.41) is 3.97. The Hall–Kier alpha value is -2.44. The highest BCUT2D eigenvalue weighted by Crippen LogP contribution is 2.36. The van der Waals surface area contributed by atoms with E-state index >= 15 is 0 Å². The van der Waals surface area contributed by atoms with Crippen molar-refractivity contribution in [1.82, 2.24) is 9.97 Å². The molecule has 0 saturated carbocycles. The van der Waals surface area contributed by atoms with Crippen molar-refractivity contribution in [3.8, 4) is 5.75 Å². The SMILES string of the molecule is Clc1ccc(SNc2cc(C3Nc4ncccc4O3)ccn2)cc1. The van der Waals surface area contributed by atoms with Gasteiger partial charge in [0.2, 0.25) is 0 Å². The van der Waals surface area contributed by atoms with Crippen molar-refractivity contribution < 1.29 is 4.74 Å².